The van der Waals surface area contributed by atoms with Crippen LogP contribution in [-0.2, 0) is 0 Å². The molecule has 0 aliphatic carbocycles. The molecule has 2 N–H and O–H groups in total. The summed E-state index contributed by atoms with van der Waals surface area (Å²) in [6.45, 7) is 8.71. The summed E-state index contributed by atoms with van der Waals surface area (Å²) < 4.78 is 0. The minimum Gasteiger partial charge on any atom is -0.378 e. The van der Waals surface area contributed by atoms with Gasteiger partial charge in [-0.25, -0.2) is 4.98 Å². The lowest BCUT2D eigenvalue weighted by Gasteiger charge is -2.21. The molecule has 6 heteroatoms. The van der Waals surface area contributed by atoms with Gasteiger partial charge in [0.05, 0.1) is 0 Å². The summed E-state index contributed by atoms with van der Waals surface area (Å²) in [5, 5.41) is 13.2. The van der Waals surface area contributed by atoms with Gasteiger partial charge in [-0.3, -0.25) is 9.78 Å². The third-order valence-corrected chi connectivity index (χ3v) is 4.48. The molecule has 2 aromatic heterocycles. The first-order valence-corrected chi connectivity index (χ1v) is 9.53. The SMILES string of the molecule is Cc1ncc(C#CC(C)(C)O)cc1C(=O)c1cccc(N2CCCNCC2)n1. The van der Waals surface area contributed by atoms with Gasteiger partial charge in [0.25, 0.3) is 0 Å². The zero-order valence-corrected chi connectivity index (χ0v) is 16.6. The van der Waals surface area contributed by atoms with Crippen molar-refractivity contribution in [3.63, 3.8) is 0 Å². The average Bonchev–Trinajstić information content (AvgIpc) is 2.96. The Morgan fingerprint density at radius 3 is 2.89 bits per heavy atom. The molecule has 3 heterocycles. The maximum absolute atomic E-state index is 13.1. The van der Waals surface area contributed by atoms with Crippen LogP contribution in [0.15, 0.2) is 30.5 Å². The van der Waals surface area contributed by atoms with E-state index in [0.29, 0.717) is 22.5 Å². The van der Waals surface area contributed by atoms with Crippen molar-refractivity contribution in [1.29, 1.82) is 0 Å². The van der Waals surface area contributed by atoms with E-state index in [1.54, 1.807) is 39.1 Å². The molecule has 28 heavy (non-hydrogen) atoms. The molecule has 0 unspecified atom stereocenters. The van der Waals surface area contributed by atoms with Crippen molar-refractivity contribution >= 4 is 11.6 Å². The molecule has 6 nitrogen and oxygen atoms in total. The molecule has 0 saturated carbocycles. The molecule has 0 radical (unpaired) electrons. The van der Waals surface area contributed by atoms with Crippen molar-refractivity contribution in [2.45, 2.75) is 32.8 Å². The lowest BCUT2D eigenvalue weighted by molar-refractivity contribution is 0.103. The van der Waals surface area contributed by atoms with Crippen LogP contribution >= 0.6 is 0 Å². The quantitative estimate of drug-likeness (QED) is 0.628. The molecule has 3 rings (SSSR count). The third-order valence-electron chi connectivity index (χ3n) is 4.48. The number of ketones is 1. The van der Waals surface area contributed by atoms with Gasteiger partial charge < -0.3 is 15.3 Å². The van der Waals surface area contributed by atoms with Crippen molar-refractivity contribution in [1.82, 2.24) is 15.3 Å². The van der Waals surface area contributed by atoms with E-state index in [2.05, 4.69) is 32.0 Å². The lowest BCUT2D eigenvalue weighted by atomic mass is 10.0. The van der Waals surface area contributed by atoms with E-state index in [4.69, 9.17) is 0 Å². The number of carbonyl (C=O) groups excluding carboxylic acids is 1. The van der Waals surface area contributed by atoms with E-state index in [9.17, 15) is 9.90 Å². The number of nitrogens with zero attached hydrogens (tertiary/aromatic N) is 3. The van der Waals surface area contributed by atoms with Crippen molar-refractivity contribution in [3.05, 3.63) is 53.0 Å². The lowest BCUT2D eigenvalue weighted by Crippen LogP contribution is -2.29. The van der Waals surface area contributed by atoms with Crippen LogP contribution in [0.1, 0.15) is 47.6 Å². The maximum Gasteiger partial charge on any atom is 0.213 e. The standard InChI is InChI=1S/C22H26N4O2/c1-16-18(14-17(15-24-16)8-9-22(2,3)28)21(27)19-6-4-7-20(25-19)26-12-5-10-23-11-13-26/h4,6-7,14-15,23,28H,5,10-13H2,1-3H3. The Morgan fingerprint density at radius 2 is 2.11 bits per heavy atom. The summed E-state index contributed by atoms with van der Waals surface area (Å²) >= 11 is 0. The molecule has 1 aliphatic heterocycles. The molecule has 0 bridgehead atoms. The van der Waals surface area contributed by atoms with E-state index in [1.165, 1.54) is 0 Å². The number of rotatable bonds is 3. The molecule has 1 fully saturated rings. The fourth-order valence-corrected chi connectivity index (χ4v) is 3.00. The van der Waals surface area contributed by atoms with Gasteiger partial charge in [0.15, 0.2) is 0 Å². The van der Waals surface area contributed by atoms with Gasteiger partial charge in [0.1, 0.15) is 17.1 Å². The second kappa shape index (κ2) is 8.51. The smallest absolute Gasteiger partial charge is 0.213 e. The van der Waals surface area contributed by atoms with Crippen LogP contribution in [0.3, 0.4) is 0 Å². The number of hydrogen-bond donors (Lipinski definition) is 2. The number of anilines is 1. The Kier molecular flexibility index (Phi) is 6.08. The minimum atomic E-state index is -1.10. The van der Waals surface area contributed by atoms with Gasteiger partial charge in [-0.15, -0.1) is 0 Å². The number of pyridine rings is 2. The van der Waals surface area contributed by atoms with E-state index < -0.39 is 5.60 Å². The highest BCUT2D eigenvalue weighted by atomic mass is 16.3. The van der Waals surface area contributed by atoms with Crippen LogP contribution in [0.5, 0.6) is 0 Å². The second-order valence-electron chi connectivity index (χ2n) is 7.47. The van der Waals surface area contributed by atoms with E-state index in [-0.39, 0.29) is 5.78 Å². The summed E-state index contributed by atoms with van der Waals surface area (Å²) in [4.78, 5) is 24.2. The van der Waals surface area contributed by atoms with Gasteiger partial charge in [0, 0.05) is 42.7 Å². The zero-order chi connectivity index (χ0) is 20.1. The van der Waals surface area contributed by atoms with Crippen molar-refractivity contribution < 1.29 is 9.90 Å². The number of nitrogens with one attached hydrogen (secondary N) is 1. The van der Waals surface area contributed by atoms with Crippen LogP contribution in [0.2, 0.25) is 0 Å². The van der Waals surface area contributed by atoms with Crippen LogP contribution in [-0.4, -0.2) is 52.6 Å². The van der Waals surface area contributed by atoms with E-state index in [0.717, 1.165) is 38.4 Å². The predicted octanol–water partition coefficient (Wildman–Crippen LogP) is 1.94. The highest BCUT2D eigenvalue weighted by Gasteiger charge is 2.17. The molecular weight excluding hydrogens is 352 g/mol. The average molecular weight is 378 g/mol. The summed E-state index contributed by atoms with van der Waals surface area (Å²) in [6.07, 6.45) is 2.66. The minimum absolute atomic E-state index is 0.174. The fraction of sp³-hybridized carbons (Fsp3) is 0.409. The fourth-order valence-electron chi connectivity index (χ4n) is 3.00. The number of aromatic nitrogens is 2. The molecule has 146 valence electrons. The first-order chi connectivity index (χ1) is 13.3. The molecule has 0 amide bonds. The van der Waals surface area contributed by atoms with Crippen molar-refractivity contribution in [3.8, 4) is 11.8 Å². The van der Waals surface area contributed by atoms with Gasteiger partial charge in [-0.2, -0.15) is 0 Å². The Labute approximate surface area is 166 Å². The van der Waals surface area contributed by atoms with Crippen LogP contribution in [0.4, 0.5) is 5.82 Å². The van der Waals surface area contributed by atoms with Gasteiger partial charge in [0.2, 0.25) is 5.78 Å². The molecule has 0 atom stereocenters. The highest BCUT2D eigenvalue weighted by molar-refractivity contribution is 6.08. The van der Waals surface area contributed by atoms with Gasteiger partial charge >= 0.3 is 0 Å². The Bertz CT molecular complexity index is 914. The summed E-state index contributed by atoms with van der Waals surface area (Å²) in [5.41, 5.74) is 0.986. The van der Waals surface area contributed by atoms with E-state index in [1.807, 2.05) is 12.1 Å². The topological polar surface area (TPSA) is 78.4 Å². The summed E-state index contributed by atoms with van der Waals surface area (Å²) in [7, 11) is 0. The van der Waals surface area contributed by atoms with Crippen molar-refractivity contribution in [2.24, 2.45) is 0 Å². The monoisotopic (exact) mass is 378 g/mol. The predicted molar refractivity (Wildman–Crippen MR) is 110 cm³/mol. The van der Waals surface area contributed by atoms with Gasteiger partial charge in [-0.05, 0) is 51.9 Å². The molecule has 1 aliphatic rings. The maximum atomic E-state index is 13.1. The largest absolute Gasteiger partial charge is 0.378 e. The molecular formula is C22H26N4O2. The Morgan fingerprint density at radius 1 is 1.29 bits per heavy atom. The zero-order valence-electron chi connectivity index (χ0n) is 16.6. The summed E-state index contributed by atoms with van der Waals surface area (Å²) in [5.74, 6) is 6.27. The normalized spacial score (nSPS) is 14.8. The number of aliphatic hydroxyl groups is 1. The third kappa shape index (κ3) is 5.16. The summed E-state index contributed by atoms with van der Waals surface area (Å²) in [6, 6.07) is 7.26. The van der Waals surface area contributed by atoms with E-state index >= 15 is 0 Å². The van der Waals surface area contributed by atoms with Crippen LogP contribution in [0, 0.1) is 18.8 Å². The first kappa shape index (κ1) is 20.0. The molecule has 1 saturated heterocycles. The Hall–Kier alpha value is -2.75. The molecule has 2 aromatic rings. The second-order valence-corrected chi connectivity index (χ2v) is 7.47. The van der Waals surface area contributed by atoms with Gasteiger partial charge in [-0.1, -0.05) is 17.9 Å². The highest BCUT2D eigenvalue weighted by Crippen LogP contribution is 2.17. The van der Waals surface area contributed by atoms with Crippen LogP contribution in [0.25, 0.3) is 0 Å². The number of aryl methyl sites for hydroxylation is 1. The number of carbonyl (C=O) groups is 1. The first-order valence-electron chi connectivity index (χ1n) is 9.53. The van der Waals surface area contributed by atoms with Crippen LogP contribution < -0.4 is 10.2 Å². The van der Waals surface area contributed by atoms with Crippen molar-refractivity contribution in [2.75, 3.05) is 31.1 Å². The Balaban J connectivity index is 1.89. The molecule has 0 aromatic carbocycles. The molecule has 0 spiro atoms. The number of hydrogen-bond acceptors (Lipinski definition) is 6.